The number of carbonyl (C=O) groups excluding carboxylic acids is 7. The Morgan fingerprint density at radius 3 is 1.44 bits per heavy atom. The predicted octanol–water partition coefficient (Wildman–Crippen LogP) is -3.35. The van der Waals surface area contributed by atoms with Gasteiger partial charge in [0.25, 0.3) is 0 Å². The van der Waals surface area contributed by atoms with Gasteiger partial charge >= 0.3 is 5.97 Å². The molecule has 7 atom stereocenters. The number of aliphatic imine (C=N–C) groups is 1. The standard InChI is InChI=1S/C32H59N11O9/c1-15(2)12-22(43-28(48)19(7)39-26(46)18(6)38-25(45)17(5)33)29(49)37-14-24(44)41-23(13-16(3)4)30(50)40-20(8)27(47)42-21(31(51)52)10-9-11-36-32(34)35/h15-23H,9-14,33H2,1-8H3,(H,37,49)(H,38,45)(H,39,46)(H,40,50)(H,41,44)(H,42,47)(H,43,48)(H,51,52)(H4,34,35,36)/t17-,18-,19-,20-,21-,22-,23-/m0/s1. The largest absolute Gasteiger partial charge is 0.480 e. The Balaban J connectivity index is 5.35. The molecule has 0 saturated heterocycles. The molecule has 0 spiro atoms. The quantitative estimate of drug-likeness (QED) is 0.0278. The first-order valence-corrected chi connectivity index (χ1v) is 17.2. The van der Waals surface area contributed by atoms with Gasteiger partial charge in [-0.25, -0.2) is 4.79 Å². The molecule has 7 amide bonds. The highest BCUT2D eigenvalue weighted by Crippen LogP contribution is 2.08. The lowest BCUT2D eigenvalue weighted by atomic mass is 10.0. The van der Waals surface area contributed by atoms with Crippen molar-refractivity contribution >= 4 is 53.3 Å². The molecule has 0 aromatic carbocycles. The molecule has 0 radical (unpaired) electrons. The number of nitrogens with two attached hydrogens (primary N) is 3. The molecule has 20 nitrogen and oxygen atoms in total. The summed E-state index contributed by atoms with van der Waals surface area (Å²) in [4.78, 5) is 104. The van der Waals surface area contributed by atoms with Gasteiger partial charge in [0, 0.05) is 6.54 Å². The van der Waals surface area contributed by atoms with E-state index in [0.29, 0.717) is 0 Å². The summed E-state index contributed by atoms with van der Waals surface area (Å²) >= 11 is 0. The normalized spacial score (nSPS) is 15.0. The van der Waals surface area contributed by atoms with E-state index >= 15 is 0 Å². The van der Waals surface area contributed by atoms with E-state index in [0.717, 1.165) is 0 Å². The molecule has 0 saturated carbocycles. The van der Waals surface area contributed by atoms with Crippen LogP contribution in [0.5, 0.6) is 0 Å². The van der Waals surface area contributed by atoms with Gasteiger partial charge < -0.3 is 59.5 Å². The second-order valence-corrected chi connectivity index (χ2v) is 13.5. The molecule has 0 aromatic rings. The number of nitrogens with one attached hydrogen (secondary N) is 7. The minimum Gasteiger partial charge on any atom is -0.480 e. The maximum Gasteiger partial charge on any atom is 0.326 e. The number of rotatable bonds is 23. The second-order valence-electron chi connectivity index (χ2n) is 13.5. The first-order chi connectivity index (χ1) is 24.0. The maximum absolute atomic E-state index is 13.1. The monoisotopic (exact) mass is 741 g/mol. The van der Waals surface area contributed by atoms with Crippen LogP contribution < -0.4 is 54.4 Å². The number of guanidine groups is 1. The molecule has 20 heteroatoms. The van der Waals surface area contributed by atoms with E-state index in [1.165, 1.54) is 27.7 Å². The van der Waals surface area contributed by atoms with Crippen LogP contribution in [0, 0.1) is 11.8 Å². The molecule has 0 aliphatic carbocycles. The third kappa shape index (κ3) is 19.4. The number of amides is 7. The number of aliphatic carboxylic acids is 1. The highest BCUT2D eigenvalue weighted by Gasteiger charge is 2.30. The van der Waals surface area contributed by atoms with E-state index in [4.69, 9.17) is 17.2 Å². The van der Waals surface area contributed by atoms with Crippen LogP contribution in [0.15, 0.2) is 4.99 Å². The highest BCUT2D eigenvalue weighted by atomic mass is 16.4. The van der Waals surface area contributed by atoms with Gasteiger partial charge in [-0.3, -0.25) is 38.6 Å². The Labute approximate surface area is 304 Å². The van der Waals surface area contributed by atoms with Gasteiger partial charge in [0.05, 0.1) is 12.6 Å². The van der Waals surface area contributed by atoms with Gasteiger partial charge in [0.2, 0.25) is 41.4 Å². The van der Waals surface area contributed by atoms with Crippen molar-refractivity contribution in [3.05, 3.63) is 0 Å². The molecule has 296 valence electrons. The van der Waals surface area contributed by atoms with Crippen LogP contribution in [0.1, 0.15) is 81.1 Å². The van der Waals surface area contributed by atoms with Crippen molar-refractivity contribution in [3.8, 4) is 0 Å². The molecule has 0 bridgehead atoms. The summed E-state index contributed by atoms with van der Waals surface area (Å²) in [7, 11) is 0. The number of hydrogen-bond donors (Lipinski definition) is 11. The van der Waals surface area contributed by atoms with E-state index in [1.807, 2.05) is 27.7 Å². The highest BCUT2D eigenvalue weighted by molar-refractivity contribution is 5.96. The van der Waals surface area contributed by atoms with Crippen molar-refractivity contribution in [2.75, 3.05) is 13.1 Å². The molecule has 14 N–H and O–H groups in total. The lowest BCUT2D eigenvalue weighted by Crippen LogP contribution is -2.57. The smallest absolute Gasteiger partial charge is 0.326 e. The molecule has 0 aliphatic rings. The molecule has 52 heavy (non-hydrogen) atoms. The minimum absolute atomic E-state index is 0.0306. The average molecular weight is 742 g/mol. The van der Waals surface area contributed by atoms with E-state index in [2.05, 4.69) is 42.2 Å². The van der Waals surface area contributed by atoms with E-state index in [-0.39, 0.29) is 50.0 Å². The summed E-state index contributed by atoms with van der Waals surface area (Å²) in [6.07, 6.45) is 0.667. The van der Waals surface area contributed by atoms with E-state index in [9.17, 15) is 43.5 Å². The minimum atomic E-state index is -1.28. The van der Waals surface area contributed by atoms with Crippen LogP contribution in [0.3, 0.4) is 0 Å². The summed E-state index contributed by atoms with van der Waals surface area (Å²) < 4.78 is 0. The van der Waals surface area contributed by atoms with Crippen molar-refractivity contribution in [1.82, 2.24) is 37.2 Å². The van der Waals surface area contributed by atoms with Crippen molar-refractivity contribution in [1.29, 1.82) is 0 Å². The fourth-order valence-corrected chi connectivity index (χ4v) is 4.49. The first kappa shape index (κ1) is 47.0. The SMILES string of the molecule is CC(C)C[C@H](NC(=O)CNC(=O)[C@H](CC(C)C)NC(=O)[C@H](C)NC(=O)[C@H](C)NC(=O)[C@H](C)N)C(=O)N[C@@H](C)C(=O)N[C@@H](CCCN=C(N)N)C(=O)O. The summed E-state index contributed by atoms with van der Waals surface area (Å²) in [6.45, 7) is 12.5. The molecule has 0 aliphatic heterocycles. The van der Waals surface area contributed by atoms with Gasteiger partial charge in [0.1, 0.15) is 36.3 Å². The number of carboxylic acid groups (broad SMARTS) is 1. The fraction of sp³-hybridized carbons (Fsp3) is 0.719. The summed E-state index contributed by atoms with van der Waals surface area (Å²) in [5, 5.41) is 26.8. The van der Waals surface area contributed by atoms with Crippen LogP contribution in [0.4, 0.5) is 0 Å². The Hall–Kier alpha value is -5.01. The predicted molar refractivity (Wildman–Crippen MR) is 192 cm³/mol. The average Bonchev–Trinajstić information content (AvgIpc) is 3.03. The van der Waals surface area contributed by atoms with E-state index < -0.39 is 96.2 Å². The lowest BCUT2D eigenvalue weighted by molar-refractivity contribution is -0.142. The van der Waals surface area contributed by atoms with Crippen molar-refractivity contribution in [2.45, 2.75) is 123 Å². The molecular weight excluding hydrogens is 682 g/mol. The van der Waals surface area contributed by atoms with Gasteiger partial charge in [-0.1, -0.05) is 27.7 Å². The fourth-order valence-electron chi connectivity index (χ4n) is 4.49. The second kappa shape index (κ2) is 23.5. The van der Waals surface area contributed by atoms with Crippen LogP contribution in [0.2, 0.25) is 0 Å². The lowest BCUT2D eigenvalue weighted by Gasteiger charge is -2.25. The number of carboxylic acids is 1. The number of nitrogens with zero attached hydrogens (tertiary/aromatic N) is 1. The van der Waals surface area contributed by atoms with Crippen molar-refractivity contribution < 1.29 is 43.5 Å². The summed E-state index contributed by atoms with van der Waals surface area (Å²) in [6, 6.07) is -7.51. The van der Waals surface area contributed by atoms with Crippen molar-refractivity contribution in [3.63, 3.8) is 0 Å². The first-order valence-electron chi connectivity index (χ1n) is 17.2. The Bertz CT molecular complexity index is 1290. The zero-order valence-corrected chi connectivity index (χ0v) is 31.3. The summed E-state index contributed by atoms with van der Waals surface area (Å²) in [5.41, 5.74) is 16.0. The zero-order valence-electron chi connectivity index (χ0n) is 31.3. The van der Waals surface area contributed by atoms with Crippen LogP contribution in [-0.4, -0.2) is 114 Å². The van der Waals surface area contributed by atoms with Gasteiger partial charge in [-0.15, -0.1) is 0 Å². The third-order valence-corrected chi connectivity index (χ3v) is 7.35. The Morgan fingerprint density at radius 2 is 1.00 bits per heavy atom. The zero-order chi connectivity index (χ0) is 40.3. The molecule has 0 rings (SSSR count). The molecule has 0 heterocycles. The van der Waals surface area contributed by atoms with Gasteiger partial charge in [-0.2, -0.15) is 0 Å². The molecular formula is C32H59N11O9. The van der Waals surface area contributed by atoms with Crippen LogP contribution in [-0.2, 0) is 38.4 Å². The molecule has 0 unspecified atom stereocenters. The van der Waals surface area contributed by atoms with Crippen LogP contribution in [0.25, 0.3) is 0 Å². The Morgan fingerprint density at radius 1 is 0.577 bits per heavy atom. The Kier molecular flexibility index (Phi) is 21.2. The summed E-state index contributed by atoms with van der Waals surface area (Å²) in [5.74, 6) is -6.33. The van der Waals surface area contributed by atoms with Gasteiger partial charge in [-0.05, 0) is 65.2 Å². The topological polar surface area (TPSA) is 331 Å². The molecule has 0 aromatic heterocycles. The van der Waals surface area contributed by atoms with Gasteiger partial charge in [0.15, 0.2) is 5.96 Å². The third-order valence-electron chi connectivity index (χ3n) is 7.35. The number of carbonyl (C=O) groups is 8. The maximum atomic E-state index is 13.1. The molecule has 0 fully saturated rings. The van der Waals surface area contributed by atoms with Crippen molar-refractivity contribution in [2.24, 2.45) is 34.0 Å². The number of hydrogen-bond acceptors (Lipinski definition) is 10. The van der Waals surface area contributed by atoms with Crippen LogP contribution >= 0.6 is 0 Å². The van der Waals surface area contributed by atoms with E-state index in [1.54, 1.807) is 0 Å².